The van der Waals surface area contributed by atoms with Crippen LogP contribution in [0.3, 0.4) is 0 Å². The molecule has 1 aliphatic heterocycles. The highest BCUT2D eigenvalue weighted by Gasteiger charge is 2.16. The molecule has 0 saturated carbocycles. The number of amides is 2. The van der Waals surface area contributed by atoms with Crippen LogP contribution in [0.1, 0.15) is 43.6 Å². The van der Waals surface area contributed by atoms with E-state index in [4.69, 9.17) is 4.42 Å². The summed E-state index contributed by atoms with van der Waals surface area (Å²) in [5, 5.41) is 5.47. The van der Waals surface area contributed by atoms with Crippen LogP contribution in [0.25, 0.3) is 10.8 Å². The highest BCUT2D eigenvalue weighted by molar-refractivity contribution is 7.13. The summed E-state index contributed by atoms with van der Waals surface area (Å²) in [6.45, 7) is 3.96. The Balaban J connectivity index is 1.41. The third kappa shape index (κ3) is 5.17. The van der Waals surface area contributed by atoms with Crippen molar-refractivity contribution in [1.82, 2.24) is 15.2 Å². The van der Waals surface area contributed by atoms with Crippen LogP contribution < -0.4 is 5.32 Å². The number of hydrogen-bond acceptors (Lipinski definition) is 5. The van der Waals surface area contributed by atoms with Crippen LogP contribution in [0.15, 0.2) is 21.9 Å². The van der Waals surface area contributed by atoms with Gasteiger partial charge in [0.15, 0.2) is 10.8 Å². The standard InChI is InChI=1S/C19H25N3O3S/c1-14-6-7-16(25-14)19-21-15(13-26-19)12-17(23)20-9-8-18(24)22-10-4-2-3-5-11-22/h6-7,13H,2-5,8-12H2,1H3,(H,20,23). The number of aryl methyl sites for hydroxylation is 1. The zero-order chi connectivity index (χ0) is 18.4. The van der Waals surface area contributed by atoms with Gasteiger partial charge in [-0.1, -0.05) is 12.8 Å². The Morgan fingerprint density at radius 3 is 2.69 bits per heavy atom. The maximum atomic E-state index is 12.2. The first-order valence-electron chi connectivity index (χ1n) is 9.17. The Bertz CT molecular complexity index is 745. The number of hydrogen-bond donors (Lipinski definition) is 1. The van der Waals surface area contributed by atoms with E-state index in [-0.39, 0.29) is 18.2 Å². The molecule has 3 rings (SSSR count). The first kappa shape index (κ1) is 18.6. The van der Waals surface area contributed by atoms with E-state index in [1.807, 2.05) is 29.3 Å². The Morgan fingerprint density at radius 1 is 1.23 bits per heavy atom. The minimum Gasteiger partial charge on any atom is -0.459 e. The van der Waals surface area contributed by atoms with Gasteiger partial charge in [-0.25, -0.2) is 4.98 Å². The fourth-order valence-corrected chi connectivity index (χ4v) is 3.84. The van der Waals surface area contributed by atoms with Gasteiger partial charge in [-0.05, 0) is 31.9 Å². The van der Waals surface area contributed by atoms with Gasteiger partial charge in [0.05, 0.1) is 12.1 Å². The van der Waals surface area contributed by atoms with Crippen molar-refractivity contribution in [1.29, 1.82) is 0 Å². The number of likely N-dealkylation sites (tertiary alicyclic amines) is 1. The second-order valence-corrected chi connectivity index (χ2v) is 7.48. The maximum absolute atomic E-state index is 12.2. The molecule has 0 bridgehead atoms. The van der Waals surface area contributed by atoms with E-state index in [0.29, 0.717) is 13.0 Å². The second-order valence-electron chi connectivity index (χ2n) is 6.63. The summed E-state index contributed by atoms with van der Waals surface area (Å²) in [5.74, 6) is 1.59. The molecule has 0 radical (unpaired) electrons. The van der Waals surface area contributed by atoms with E-state index in [9.17, 15) is 9.59 Å². The molecule has 1 N–H and O–H groups in total. The van der Waals surface area contributed by atoms with Gasteiger partial charge in [-0.2, -0.15) is 0 Å². The molecular weight excluding hydrogens is 350 g/mol. The Morgan fingerprint density at radius 2 is 2.00 bits per heavy atom. The van der Waals surface area contributed by atoms with Crippen molar-refractivity contribution in [3.8, 4) is 10.8 Å². The fraction of sp³-hybridized carbons (Fsp3) is 0.526. The Labute approximate surface area is 157 Å². The summed E-state index contributed by atoms with van der Waals surface area (Å²) in [6, 6.07) is 3.77. The molecule has 0 aliphatic carbocycles. The average molecular weight is 375 g/mol. The molecule has 1 saturated heterocycles. The number of carbonyl (C=O) groups excluding carboxylic acids is 2. The molecule has 0 unspecified atom stereocenters. The minimum absolute atomic E-state index is 0.110. The summed E-state index contributed by atoms with van der Waals surface area (Å²) < 4.78 is 5.55. The molecule has 7 heteroatoms. The van der Waals surface area contributed by atoms with E-state index >= 15 is 0 Å². The molecule has 0 spiro atoms. The number of carbonyl (C=O) groups is 2. The van der Waals surface area contributed by atoms with E-state index in [1.165, 1.54) is 24.2 Å². The Hall–Kier alpha value is -2.15. The third-order valence-corrected chi connectivity index (χ3v) is 5.37. The lowest BCUT2D eigenvalue weighted by Crippen LogP contribution is -2.35. The monoisotopic (exact) mass is 375 g/mol. The van der Waals surface area contributed by atoms with E-state index in [0.717, 1.165) is 48.2 Å². The minimum atomic E-state index is -0.110. The number of rotatable bonds is 6. The lowest BCUT2D eigenvalue weighted by molar-refractivity contribution is -0.131. The van der Waals surface area contributed by atoms with Crippen LogP contribution in [0, 0.1) is 6.92 Å². The molecule has 2 amide bonds. The van der Waals surface area contributed by atoms with Crippen molar-refractivity contribution in [2.75, 3.05) is 19.6 Å². The predicted molar refractivity (Wildman–Crippen MR) is 101 cm³/mol. The molecule has 1 aliphatic rings. The molecule has 3 heterocycles. The maximum Gasteiger partial charge on any atom is 0.226 e. The van der Waals surface area contributed by atoms with Crippen LogP contribution in [0.4, 0.5) is 0 Å². The molecular formula is C19H25N3O3S. The summed E-state index contributed by atoms with van der Waals surface area (Å²) in [7, 11) is 0. The van der Waals surface area contributed by atoms with Gasteiger partial charge < -0.3 is 14.6 Å². The van der Waals surface area contributed by atoms with E-state index in [1.54, 1.807) is 0 Å². The molecule has 6 nitrogen and oxygen atoms in total. The van der Waals surface area contributed by atoms with E-state index in [2.05, 4.69) is 10.3 Å². The van der Waals surface area contributed by atoms with Crippen LogP contribution >= 0.6 is 11.3 Å². The normalized spacial score (nSPS) is 14.9. The second kappa shape index (κ2) is 8.98. The van der Waals surface area contributed by atoms with Gasteiger partial charge in [0.25, 0.3) is 0 Å². The third-order valence-electron chi connectivity index (χ3n) is 4.46. The quantitative estimate of drug-likeness (QED) is 0.841. The van der Waals surface area contributed by atoms with E-state index < -0.39 is 0 Å². The zero-order valence-corrected chi connectivity index (χ0v) is 15.9. The summed E-state index contributed by atoms with van der Waals surface area (Å²) in [6.07, 6.45) is 5.15. The van der Waals surface area contributed by atoms with Crippen molar-refractivity contribution in [2.45, 2.75) is 45.4 Å². The first-order chi connectivity index (χ1) is 12.6. The summed E-state index contributed by atoms with van der Waals surface area (Å²) >= 11 is 1.46. The molecule has 140 valence electrons. The molecule has 1 fully saturated rings. The number of aromatic nitrogens is 1. The largest absolute Gasteiger partial charge is 0.459 e. The number of nitrogens with one attached hydrogen (secondary N) is 1. The smallest absolute Gasteiger partial charge is 0.226 e. The van der Waals surface area contributed by atoms with Crippen LogP contribution in [0.2, 0.25) is 0 Å². The Kier molecular flexibility index (Phi) is 6.44. The molecule has 2 aromatic heterocycles. The lowest BCUT2D eigenvalue weighted by atomic mass is 10.2. The van der Waals surface area contributed by atoms with Gasteiger partial charge in [0.2, 0.25) is 11.8 Å². The van der Waals surface area contributed by atoms with Gasteiger partial charge in [-0.3, -0.25) is 9.59 Å². The van der Waals surface area contributed by atoms with Gasteiger partial charge >= 0.3 is 0 Å². The number of furan rings is 1. The average Bonchev–Trinajstić information content (AvgIpc) is 3.15. The van der Waals surface area contributed by atoms with Gasteiger partial charge in [0.1, 0.15) is 5.76 Å². The molecule has 0 aromatic carbocycles. The fourth-order valence-electron chi connectivity index (χ4n) is 3.06. The van der Waals surface area contributed by atoms with Crippen LogP contribution in [-0.4, -0.2) is 41.3 Å². The zero-order valence-electron chi connectivity index (χ0n) is 15.1. The first-order valence-corrected chi connectivity index (χ1v) is 10.1. The van der Waals surface area contributed by atoms with Crippen molar-refractivity contribution < 1.29 is 14.0 Å². The molecule has 26 heavy (non-hydrogen) atoms. The van der Waals surface area contributed by atoms with Crippen molar-refractivity contribution >= 4 is 23.2 Å². The van der Waals surface area contributed by atoms with Gasteiger partial charge in [-0.15, -0.1) is 11.3 Å². The van der Waals surface area contributed by atoms with Gasteiger partial charge in [0, 0.05) is 31.4 Å². The highest BCUT2D eigenvalue weighted by Crippen LogP contribution is 2.25. The molecule has 0 atom stereocenters. The SMILES string of the molecule is Cc1ccc(-c2nc(CC(=O)NCCC(=O)N3CCCCCC3)cs2)o1. The topological polar surface area (TPSA) is 75.4 Å². The van der Waals surface area contributed by atoms with Crippen LogP contribution in [0.5, 0.6) is 0 Å². The lowest BCUT2D eigenvalue weighted by Gasteiger charge is -2.20. The van der Waals surface area contributed by atoms with Crippen molar-refractivity contribution in [3.05, 3.63) is 29.0 Å². The van der Waals surface area contributed by atoms with Crippen LogP contribution in [-0.2, 0) is 16.0 Å². The predicted octanol–water partition coefficient (Wildman–Crippen LogP) is 3.16. The number of thiazole rings is 1. The van der Waals surface area contributed by atoms with Crippen molar-refractivity contribution in [3.63, 3.8) is 0 Å². The summed E-state index contributed by atoms with van der Waals surface area (Å²) in [4.78, 5) is 30.7. The van der Waals surface area contributed by atoms with Crippen molar-refractivity contribution in [2.24, 2.45) is 0 Å². The molecule has 2 aromatic rings. The summed E-state index contributed by atoms with van der Waals surface area (Å²) in [5.41, 5.74) is 0.718. The number of nitrogens with zero attached hydrogens (tertiary/aromatic N) is 2. The highest BCUT2D eigenvalue weighted by atomic mass is 32.1.